The Morgan fingerprint density at radius 2 is 1.80 bits per heavy atom. The number of nitrogens with zero attached hydrogens (tertiary/aromatic N) is 1. The average Bonchev–Trinajstić information content (AvgIpc) is 3.56. The van der Waals surface area contributed by atoms with Gasteiger partial charge >= 0.3 is 0 Å². The zero-order valence-corrected chi connectivity index (χ0v) is 17.3. The van der Waals surface area contributed by atoms with Crippen LogP contribution < -0.4 is 15.4 Å². The van der Waals surface area contributed by atoms with Crippen LogP contribution in [0.1, 0.15) is 24.0 Å². The second kappa shape index (κ2) is 9.91. The Balaban J connectivity index is 1.48. The summed E-state index contributed by atoms with van der Waals surface area (Å²) in [5.74, 6) is -0.0172. The van der Waals surface area contributed by atoms with Crippen molar-refractivity contribution in [2.45, 2.75) is 32.2 Å². The highest BCUT2D eigenvalue weighted by atomic mass is 16.5. The molecule has 2 aromatic rings. The Kier molecular flexibility index (Phi) is 7.06. The molecule has 3 rings (SSSR count). The molecule has 158 valence electrons. The van der Waals surface area contributed by atoms with Gasteiger partial charge in [0.15, 0.2) is 0 Å². The van der Waals surface area contributed by atoms with E-state index in [1.807, 2.05) is 49.4 Å². The van der Waals surface area contributed by atoms with Crippen molar-refractivity contribution in [1.82, 2.24) is 10.2 Å². The monoisotopic (exact) mass is 409 g/mol. The van der Waals surface area contributed by atoms with Crippen molar-refractivity contribution in [3.05, 3.63) is 59.7 Å². The summed E-state index contributed by atoms with van der Waals surface area (Å²) < 4.78 is 5.13. The van der Waals surface area contributed by atoms with Crippen LogP contribution in [0.3, 0.4) is 0 Å². The number of aryl methyl sites for hydroxylation is 1. The highest BCUT2D eigenvalue weighted by Crippen LogP contribution is 2.27. The molecule has 0 radical (unpaired) electrons. The van der Waals surface area contributed by atoms with E-state index < -0.39 is 0 Å². The lowest BCUT2D eigenvalue weighted by molar-refractivity contribution is -0.136. The molecule has 0 spiro atoms. The Hall–Kier alpha value is -3.35. The molecule has 1 aliphatic rings. The molecule has 30 heavy (non-hydrogen) atoms. The molecule has 0 heterocycles. The number of benzene rings is 2. The summed E-state index contributed by atoms with van der Waals surface area (Å²) in [5, 5.41) is 5.35. The van der Waals surface area contributed by atoms with Crippen LogP contribution in [-0.2, 0) is 20.8 Å². The molecule has 0 atom stereocenters. The molecule has 1 saturated carbocycles. The van der Waals surface area contributed by atoms with Gasteiger partial charge in [-0.2, -0.15) is 0 Å². The standard InChI is InChI=1S/C23H27N3O4/c1-16-4-3-5-18(12-16)25-21(27)14-24-22(28)15-26(19-8-9-19)23(29)13-17-6-10-20(30-2)11-7-17/h3-7,10-12,19H,8-9,13-15H2,1-2H3,(H,24,28)(H,25,27). The van der Waals surface area contributed by atoms with E-state index in [4.69, 9.17) is 4.74 Å². The zero-order valence-electron chi connectivity index (χ0n) is 17.3. The van der Waals surface area contributed by atoms with Crippen LogP contribution in [0.15, 0.2) is 48.5 Å². The van der Waals surface area contributed by atoms with Crippen LogP contribution in [0.2, 0.25) is 0 Å². The number of carbonyl (C=O) groups excluding carboxylic acids is 3. The first-order valence-electron chi connectivity index (χ1n) is 10.00. The summed E-state index contributed by atoms with van der Waals surface area (Å²) in [6.45, 7) is 1.75. The zero-order chi connectivity index (χ0) is 21.5. The lowest BCUT2D eigenvalue weighted by Crippen LogP contribution is -2.44. The predicted molar refractivity (Wildman–Crippen MR) is 114 cm³/mol. The number of hydrogen-bond donors (Lipinski definition) is 2. The summed E-state index contributed by atoms with van der Waals surface area (Å²) in [6, 6.07) is 14.8. The summed E-state index contributed by atoms with van der Waals surface area (Å²) in [4.78, 5) is 38.7. The van der Waals surface area contributed by atoms with E-state index in [2.05, 4.69) is 10.6 Å². The minimum absolute atomic E-state index is 0.0443. The van der Waals surface area contributed by atoms with Crippen LogP contribution in [0, 0.1) is 6.92 Å². The first-order chi connectivity index (χ1) is 14.4. The van der Waals surface area contributed by atoms with E-state index in [9.17, 15) is 14.4 Å². The topological polar surface area (TPSA) is 87.7 Å². The van der Waals surface area contributed by atoms with Crippen molar-refractivity contribution < 1.29 is 19.1 Å². The number of methoxy groups -OCH3 is 1. The van der Waals surface area contributed by atoms with Crippen molar-refractivity contribution in [2.24, 2.45) is 0 Å². The molecule has 7 nitrogen and oxygen atoms in total. The van der Waals surface area contributed by atoms with Crippen molar-refractivity contribution in [1.29, 1.82) is 0 Å². The van der Waals surface area contributed by atoms with Crippen molar-refractivity contribution in [3.63, 3.8) is 0 Å². The van der Waals surface area contributed by atoms with E-state index in [1.54, 1.807) is 18.1 Å². The van der Waals surface area contributed by atoms with Crippen molar-refractivity contribution in [3.8, 4) is 5.75 Å². The second-order valence-electron chi connectivity index (χ2n) is 7.47. The summed E-state index contributed by atoms with van der Waals surface area (Å²) in [7, 11) is 1.59. The highest BCUT2D eigenvalue weighted by Gasteiger charge is 2.33. The molecule has 0 bridgehead atoms. The van der Waals surface area contributed by atoms with Gasteiger partial charge in [-0.3, -0.25) is 14.4 Å². The van der Waals surface area contributed by atoms with Crippen LogP contribution in [0.25, 0.3) is 0 Å². The number of carbonyl (C=O) groups is 3. The molecule has 3 amide bonds. The first kappa shape index (κ1) is 21.4. The predicted octanol–water partition coefficient (Wildman–Crippen LogP) is 2.29. The lowest BCUT2D eigenvalue weighted by atomic mass is 10.1. The van der Waals surface area contributed by atoms with Gasteiger partial charge in [0.1, 0.15) is 5.75 Å². The van der Waals surface area contributed by atoms with Gasteiger partial charge in [0.2, 0.25) is 17.7 Å². The molecule has 0 aromatic heterocycles. The molecule has 0 aliphatic heterocycles. The van der Waals surface area contributed by atoms with Gasteiger partial charge in [0.05, 0.1) is 26.6 Å². The number of nitrogens with one attached hydrogen (secondary N) is 2. The molecule has 1 fully saturated rings. The fourth-order valence-corrected chi connectivity index (χ4v) is 3.14. The Morgan fingerprint density at radius 3 is 2.43 bits per heavy atom. The maximum atomic E-state index is 12.7. The number of amides is 3. The molecular formula is C23H27N3O4. The van der Waals surface area contributed by atoms with Gasteiger partial charge in [0.25, 0.3) is 0 Å². The smallest absolute Gasteiger partial charge is 0.243 e. The van der Waals surface area contributed by atoms with Crippen LogP contribution in [0.5, 0.6) is 5.75 Å². The third kappa shape index (κ3) is 6.34. The maximum Gasteiger partial charge on any atom is 0.243 e. The first-order valence-corrected chi connectivity index (χ1v) is 10.00. The fraction of sp³-hybridized carbons (Fsp3) is 0.348. The van der Waals surface area contributed by atoms with Gasteiger partial charge < -0.3 is 20.3 Å². The third-order valence-electron chi connectivity index (χ3n) is 4.88. The van der Waals surface area contributed by atoms with Crippen LogP contribution >= 0.6 is 0 Å². The van der Waals surface area contributed by atoms with E-state index in [1.165, 1.54) is 0 Å². The summed E-state index contributed by atoms with van der Waals surface area (Å²) >= 11 is 0. The van der Waals surface area contributed by atoms with Crippen molar-refractivity contribution >= 4 is 23.4 Å². The maximum absolute atomic E-state index is 12.7. The van der Waals surface area contributed by atoms with Gasteiger partial charge in [-0.05, 0) is 55.2 Å². The van der Waals surface area contributed by atoms with Gasteiger partial charge in [-0.1, -0.05) is 24.3 Å². The fourth-order valence-electron chi connectivity index (χ4n) is 3.14. The lowest BCUT2D eigenvalue weighted by Gasteiger charge is -2.22. The van der Waals surface area contributed by atoms with Crippen molar-refractivity contribution in [2.75, 3.05) is 25.5 Å². The molecule has 1 aliphatic carbocycles. The Bertz CT molecular complexity index is 907. The van der Waals surface area contributed by atoms with E-state index in [0.717, 1.165) is 29.7 Å². The quantitative estimate of drug-likeness (QED) is 0.665. The number of anilines is 1. The van der Waals surface area contributed by atoms with Gasteiger partial charge in [-0.25, -0.2) is 0 Å². The summed E-state index contributed by atoms with van der Waals surface area (Å²) in [5.41, 5.74) is 2.58. The molecule has 7 heteroatoms. The minimum atomic E-state index is -0.343. The molecule has 0 unspecified atom stereocenters. The molecular weight excluding hydrogens is 382 g/mol. The average molecular weight is 409 g/mol. The molecule has 2 N–H and O–H groups in total. The minimum Gasteiger partial charge on any atom is -0.497 e. The van der Waals surface area contributed by atoms with E-state index >= 15 is 0 Å². The van der Waals surface area contributed by atoms with Gasteiger partial charge in [0, 0.05) is 11.7 Å². The van der Waals surface area contributed by atoms with E-state index in [0.29, 0.717) is 5.69 Å². The Labute approximate surface area is 176 Å². The normalized spacial score (nSPS) is 12.7. The van der Waals surface area contributed by atoms with Crippen LogP contribution in [-0.4, -0.2) is 48.9 Å². The number of rotatable bonds is 9. The van der Waals surface area contributed by atoms with Crippen LogP contribution in [0.4, 0.5) is 5.69 Å². The SMILES string of the molecule is COc1ccc(CC(=O)N(CC(=O)NCC(=O)Nc2cccc(C)c2)C2CC2)cc1. The van der Waals surface area contributed by atoms with Gasteiger partial charge in [-0.15, -0.1) is 0 Å². The molecule has 0 saturated heterocycles. The summed E-state index contributed by atoms with van der Waals surface area (Å²) in [6.07, 6.45) is 2.02. The largest absolute Gasteiger partial charge is 0.497 e. The Morgan fingerprint density at radius 1 is 1.07 bits per heavy atom. The molecule has 2 aromatic carbocycles. The highest BCUT2D eigenvalue weighted by molar-refractivity contribution is 5.95. The van der Waals surface area contributed by atoms with E-state index in [-0.39, 0.29) is 43.3 Å². The number of hydrogen-bond acceptors (Lipinski definition) is 4. The second-order valence-corrected chi connectivity index (χ2v) is 7.47. The third-order valence-corrected chi connectivity index (χ3v) is 4.88. The number of ether oxygens (including phenoxy) is 1.